The summed E-state index contributed by atoms with van der Waals surface area (Å²) in [6.07, 6.45) is 2.44. The molecule has 0 fully saturated rings. The summed E-state index contributed by atoms with van der Waals surface area (Å²) in [4.78, 5) is 13.8. The molecule has 0 amide bonds. The quantitative estimate of drug-likeness (QED) is 0.209. The molecule has 0 rings (SSSR count). The Morgan fingerprint density at radius 3 is 1.93 bits per heavy atom. The summed E-state index contributed by atoms with van der Waals surface area (Å²) < 4.78 is 31.6. The number of hydrogen-bond donors (Lipinski definition) is 3. The average molecular weight is 252 g/mol. The maximum absolute atomic E-state index is 10.4. The molecule has 86 valence electrons. The molecule has 9 heteroatoms. The SMILES string of the molecule is CCC=C(C)C(=O)OO.O=S(=O)(O)O.[NaH]. The van der Waals surface area contributed by atoms with Crippen LogP contribution in [0.4, 0.5) is 0 Å². The molecule has 0 unspecified atom stereocenters. The van der Waals surface area contributed by atoms with Gasteiger partial charge in [0.25, 0.3) is 0 Å². The summed E-state index contributed by atoms with van der Waals surface area (Å²) >= 11 is 0. The van der Waals surface area contributed by atoms with Crippen LogP contribution in [0.1, 0.15) is 20.3 Å². The molecular formula is C6H13NaO7S. The molecule has 0 radical (unpaired) electrons. The van der Waals surface area contributed by atoms with E-state index in [1.54, 1.807) is 13.0 Å². The molecule has 0 saturated carbocycles. The Balaban J connectivity index is -0.000000208. The fourth-order valence-electron chi connectivity index (χ4n) is 0.462. The van der Waals surface area contributed by atoms with E-state index in [9.17, 15) is 4.79 Å². The monoisotopic (exact) mass is 252 g/mol. The third-order valence-electron chi connectivity index (χ3n) is 0.915. The number of carbonyl (C=O) groups is 1. The van der Waals surface area contributed by atoms with Crippen LogP contribution >= 0.6 is 0 Å². The van der Waals surface area contributed by atoms with Crippen LogP contribution in [-0.4, -0.2) is 58.3 Å². The van der Waals surface area contributed by atoms with E-state index >= 15 is 0 Å². The van der Waals surface area contributed by atoms with Gasteiger partial charge in [0.1, 0.15) is 0 Å². The summed E-state index contributed by atoms with van der Waals surface area (Å²) in [5.74, 6) is -0.683. The van der Waals surface area contributed by atoms with Gasteiger partial charge in [0.15, 0.2) is 0 Å². The normalized spacial score (nSPS) is 10.6. The topological polar surface area (TPSA) is 121 Å². The van der Waals surface area contributed by atoms with Crippen molar-refractivity contribution in [1.29, 1.82) is 0 Å². The molecule has 0 aromatic heterocycles. The molecule has 0 spiro atoms. The summed E-state index contributed by atoms with van der Waals surface area (Å²) in [7, 11) is -4.67. The molecule has 0 aromatic carbocycles. The molecule has 3 N–H and O–H groups in total. The third-order valence-corrected chi connectivity index (χ3v) is 0.915. The third kappa shape index (κ3) is 24.9. The van der Waals surface area contributed by atoms with E-state index in [2.05, 4.69) is 4.89 Å². The van der Waals surface area contributed by atoms with Gasteiger partial charge in [-0.2, -0.15) is 13.7 Å². The van der Waals surface area contributed by atoms with Gasteiger partial charge in [-0.3, -0.25) is 14.0 Å². The van der Waals surface area contributed by atoms with E-state index in [0.717, 1.165) is 6.42 Å². The van der Waals surface area contributed by atoms with E-state index in [0.29, 0.717) is 5.57 Å². The van der Waals surface area contributed by atoms with Gasteiger partial charge in [0.05, 0.1) is 0 Å². The predicted molar refractivity (Wildman–Crippen MR) is 54.1 cm³/mol. The van der Waals surface area contributed by atoms with Crippen LogP contribution in [-0.2, 0) is 20.1 Å². The molecule has 0 aliphatic carbocycles. The van der Waals surface area contributed by atoms with Gasteiger partial charge in [0, 0.05) is 5.57 Å². The minimum absolute atomic E-state index is 0. The van der Waals surface area contributed by atoms with Crippen LogP contribution in [0.25, 0.3) is 0 Å². The van der Waals surface area contributed by atoms with Crippen molar-refractivity contribution in [1.82, 2.24) is 0 Å². The van der Waals surface area contributed by atoms with E-state index in [4.69, 9.17) is 22.8 Å². The second-order valence-corrected chi connectivity index (χ2v) is 3.02. The Morgan fingerprint density at radius 1 is 1.40 bits per heavy atom. The van der Waals surface area contributed by atoms with Crippen molar-refractivity contribution in [2.24, 2.45) is 0 Å². The van der Waals surface area contributed by atoms with Crippen molar-refractivity contribution in [2.45, 2.75) is 20.3 Å². The molecule has 0 aliphatic heterocycles. The first-order chi connectivity index (χ1) is 6.22. The fourth-order valence-corrected chi connectivity index (χ4v) is 0.462. The zero-order valence-electron chi connectivity index (χ0n) is 7.67. The Labute approximate surface area is 110 Å². The Bertz CT molecular complexity index is 287. The maximum atomic E-state index is 10.4. The van der Waals surface area contributed by atoms with Gasteiger partial charge in [0.2, 0.25) is 0 Å². The van der Waals surface area contributed by atoms with Gasteiger partial charge < -0.3 is 0 Å². The molecule has 0 aromatic rings. The Morgan fingerprint density at radius 2 is 1.73 bits per heavy atom. The minimum atomic E-state index is -4.67. The van der Waals surface area contributed by atoms with Crippen molar-refractivity contribution < 1.29 is 32.5 Å². The first-order valence-corrected chi connectivity index (χ1v) is 4.84. The van der Waals surface area contributed by atoms with Gasteiger partial charge in [-0.25, -0.2) is 4.79 Å². The molecule has 0 heterocycles. The van der Waals surface area contributed by atoms with E-state index in [-0.39, 0.29) is 29.6 Å². The van der Waals surface area contributed by atoms with Gasteiger partial charge >= 0.3 is 45.9 Å². The summed E-state index contributed by atoms with van der Waals surface area (Å²) in [6, 6.07) is 0. The zero-order chi connectivity index (χ0) is 11.8. The van der Waals surface area contributed by atoms with E-state index < -0.39 is 16.4 Å². The van der Waals surface area contributed by atoms with Crippen LogP contribution in [0.2, 0.25) is 0 Å². The van der Waals surface area contributed by atoms with E-state index in [1.165, 1.54) is 0 Å². The Hall–Kier alpha value is 0.0400. The molecule has 0 bridgehead atoms. The summed E-state index contributed by atoms with van der Waals surface area (Å²) in [6.45, 7) is 3.48. The van der Waals surface area contributed by atoms with Crippen molar-refractivity contribution in [2.75, 3.05) is 0 Å². The zero-order valence-corrected chi connectivity index (χ0v) is 8.48. The number of allylic oxidation sites excluding steroid dienone is 1. The summed E-state index contributed by atoms with van der Waals surface area (Å²) in [5, 5.41) is 7.84. The van der Waals surface area contributed by atoms with Crippen molar-refractivity contribution in [3.63, 3.8) is 0 Å². The van der Waals surface area contributed by atoms with Crippen LogP contribution < -0.4 is 0 Å². The standard InChI is InChI=1S/C6H10O3.Na.H2O4S.H/c1-3-4-5(2)6(7)9-8;;1-5(2,3)4;/h4,8H,3H2,1-2H3;;(H2,1,2,3,4);. The Kier molecular flexibility index (Phi) is 14.4. The van der Waals surface area contributed by atoms with Crippen LogP contribution in [0.15, 0.2) is 11.6 Å². The number of carbonyl (C=O) groups excluding carboxylic acids is 1. The average Bonchev–Trinajstić information content (AvgIpc) is 2.00. The van der Waals surface area contributed by atoms with Gasteiger partial charge in [-0.15, -0.1) is 0 Å². The molecule has 0 atom stereocenters. The molecule has 15 heavy (non-hydrogen) atoms. The van der Waals surface area contributed by atoms with Crippen molar-refractivity contribution >= 4 is 45.9 Å². The fraction of sp³-hybridized carbons (Fsp3) is 0.500. The number of rotatable bonds is 2. The van der Waals surface area contributed by atoms with E-state index in [1.807, 2.05) is 6.92 Å². The second-order valence-electron chi connectivity index (χ2n) is 2.12. The molecular weight excluding hydrogens is 239 g/mol. The molecule has 0 aliphatic rings. The van der Waals surface area contributed by atoms with Crippen LogP contribution in [0.5, 0.6) is 0 Å². The number of hydrogen-bond acceptors (Lipinski definition) is 5. The first kappa shape index (κ1) is 20.5. The van der Waals surface area contributed by atoms with Gasteiger partial charge in [-0.05, 0) is 13.3 Å². The van der Waals surface area contributed by atoms with Crippen LogP contribution in [0, 0.1) is 0 Å². The van der Waals surface area contributed by atoms with Crippen molar-refractivity contribution in [3.05, 3.63) is 11.6 Å². The second kappa shape index (κ2) is 10.6. The summed E-state index contributed by atoms with van der Waals surface area (Å²) in [5.41, 5.74) is 0.431. The molecule has 0 saturated heterocycles. The predicted octanol–water partition coefficient (Wildman–Crippen LogP) is 0.0576. The first-order valence-electron chi connectivity index (χ1n) is 3.44. The van der Waals surface area contributed by atoms with Gasteiger partial charge in [-0.1, -0.05) is 13.0 Å². The van der Waals surface area contributed by atoms with Crippen molar-refractivity contribution in [3.8, 4) is 0 Å². The molecule has 7 nitrogen and oxygen atoms in total. The van der Waals surface area contributed by atoms with Crippen LogP contribution in [0.3, 0.4) is 0 Å².